The normalized spacial score (nSPS) is 13.0. The summed E-state index contributed by atoms with van der Waals surface area (Å²) in [6, 6.07) is 0. The van der Waals surface area contributed by atoms with Gasteiger partial charge in [-0.2, -0.15) is 16.9 Å². The lowest BCUT2D eigenvalue weighted by atomic mass is 10.2. The molecule has 0 saturated carbocycles. The summed E-state index contributed by atoms with van der Waals surface area (Å²) in [6.45, 7) is 2.37. The standard InChI is InChI=1S/C10H18N2OS/c1-9(7-13)8-14-4-2-3-10-5-11-12-6-10/h5-6,9,13H,2-4,7-8H2,1H3,(H,11,12). The van der Waals surface area contributed by atoms with Crippen molar-refractivity contribution < 1.29 is 5.11 Å². The molecule has 0 radical (unpaired) electrons. The number of aromatic nitrogens is 2. The number of hydrogen-bond acceptors (Lipinski definition) is 3. The van der Waals surface area contributed by atoms with Crippen molar-refractivity contribution in [2.45, 2.75) is 19.8 Å². The van der Waals surface area contributed by atoms with Gasteiger partial charge in [0.2, 0.25) is 0 Å². The minimum atomic E-state index is 0.300. The predicted molar refractivity (Wildman–Crippen MR) is 60.5 cm³/mol. The largest absolute Gasteiger partial charge is 0.396 e. The van der Waals surface area contributed by atoms with Crippen molar-refractivity contribution in [3.05, 3.63) is 18.0 Å². The summed E-state index contributed by atoms with van der Waals surface area (Å²) in [4.78, 5) is 0. The summed E-state index contributed by atoms with van der Waals surface area (Å²) in [5.74, 6) is 2.64. The quantitative estimate of drug-likeness (QED) is 0.679. The number of nitrogens with one attached hydrogen (secondary N) is 1. The van der Waals surface area contributed by atoms with Crippen molar-refractivity contribution >= 4 is 11.8 Å². The second-order valence-corrected chi connectivity index (χ2v) is 4.72. The van der Waals surface area contributed by atoms with Gasteiger partial charge >= 0.3 is 0 Å². The van der Waals surface area contributed by atoms with Gasteiger partial charge in [-0.25, -0.2) is 0 Å². The van der Waals surface area contributed by atoms with E-state index in [1.807, 2.05) is 24.2 Å². The molecule has 0 spiro atoms. The van der Waals surface area contributed by atoms with Crippen LogP contribution in [0.2, 0.25) is 0 Å². The van der Waals surface area contributed by atoms with Crippen molar-refractivity contribution in [2.75, 3.05) is 18.1 Å². The Morgan fingerprint density at radius 2 is 2.50 bits per heavy atom. The molecular formula is C10H18N2OS. The summed E-state index contributed by atoms with van der Waals surface area (Å²) in [6.07, 6.45) is 6.10. The Morgan fingerprint density at radius 1 is 1.64 bits per heavy atom. The lowest BCUT2D eigenvalue weighted by molar-refractivity contribution is 0.250. The van der Waals surface area contributed by atoms with Crippen molar-refractivity contribution in [1.82, 2.24) is 10.2 Å². The Hall–Kier alpha value is -0.480. The molecule has 1 aromatic rings. The molecule has 14 heavy (non-hydrogen) atoms. The van der Waals surface area contributed by atoms with Crippen LogP contribution in [0.15, 0.2) is 12.4 Å². The number of hydrogen-bond donors (Lipinski definition) is 2. The van der Waals surface area contributed by atoms with Gasteiger partial charge in [-0.05, 0) is 35.8 Å². The molecular weight excluding hydrogens is 196 g/mol. The Balaban J connectivity index is 1.95. The molecule has 1 unspecified atom stereocenters. The Bertz CT molecular complexity index is 226. The highest BCUT2D eigenvalue weighted by molar-refractivity contribution is 7.99. The third kappa shape index (κ3) is 4.67. The topological polar surface area (TPSA) is 48.9 Å². The van der Waals surface area contributed by atoms with Gasteiger partial charge in [0.15, 0.2) is 0 Å². The van der Waals surface area contributed by atoms with Crippen LogP contribution in [0.5, 0.6) is 0 Å². The molecule has 0 fully saturated rings. The molecule has 0 amide bonds. The van der Waals surface area contributed by atoms with E-state index >= 15 is 0 Å². The van der Waals surface area contributed by atoms with E-state index in [1.54, 1.807) is 0 Å². The van der Waals surface area contributed by atoms with E-state index in [1.165, 1.54) is 12.0 Å². The monoisotopic (exact) mass is 214 g/mol. The van der Waals surface area contributed by atoms with Crippen LogP contribution >= 0.6 is 11.8 Å². The number of H-pyrrole nitrogens is 1. The van der Waals surface area contributed by atoms with Crippen molar-refractivity contribution in [2.24, 2.45) is 5.92 Å². The molecule has 0 aliphatic heterocycles. The number of rotatable bonds is 7. The van der Waals surface area contributed by atoms with E-state index in [2.05, 4.69) is 17.1 Å². The second-order valence-electron chi connectivity index (χ2n) is 3.57. The minimum absolute atomic E-state index is 0.300. The van der Waals surface area contributed by atoms with Crippen LogP contribution < -0.4 is 0 Å². The van der Waals surface area contributed by atoms with Gasteiger partial charge in [0.1, 0.15) is 0 Å². The number of aliphatic hydroxyl groups is 1. The number of aryl methyl sites for hydroxylation is 1. The summed E-state index contributed by atoms with van der Waals surface area (Å²) in [7, 11) is 0. The molecule has 0 bridgehead atoms. The van der Waals surface area contributed by atoms with E-state index in [9.17, 15) is 0 Å². The fraction of sp³-hybridized carbons (Fsp3) is 0.700. The Kier molecular flexibility index (Phi) is 5.71. The number of aromatic amines is 1. The highest BCUT2D eigenvalue weighted by Crippen LogP contribution is 2.10. The maximum absolute atomic E-state index is 8.82. The van der Waals surface area contributed by atoms with Crippen molar-refractivity contribution in [3.8, 4) is 0 Å². The Labute approximate surface area is 89.3 Å². The predicted octanol–water partition coefficient (Wildman–Crippen LogP) is 1.70. The maximum atomic E-state index is 8.82. The molecule has 1 heterocycles. The van der Waals surface area contributed by atoms with Gasteiger partial charge in [0.05, 0.1) is 6.20 Å². The molecule has 80 valence electrons. The van der Waals surface area contributed by atoms with Crippen LogP contribution in [-0.2, 0) is 6.42 Å². The van der Waals surface area contributed by atoms with Gasteiger partial charge in [-0.15, -0.1) is 0 Å². The van der Waals surface area contributed by atoms with E-state index in [4.69, 9.17) is 5.11 Å². The number of thioether (sulfide) groups is 1. The molecule has 0 aromatic carbocycles. The van der Waals surface area contributed by atoms with Crippen LogP contribution in [0, 0.1) is 5.92 Å². The summed E-state index contributed by atoms with van der Waals surface area (Å²) < 4.78 is 0. The fourth-order valence-corrected chi connectivity index (χ4v) is 2.15. The molecule has 4 heteroatoms. The highest BCUT2D eigenvalue weighted by atomic mass is 32.2. The van der Waals surface area contributed by atoms with Crippen LogP contribution in [-0.4, -0.2) is 33.4 Å². The first-order chi connectivity index (χ1) is 6.83. The first kappa shape index (κ1) is 11.6. The molecule has 2 N–H and O–H groups in total. The molecule has 1 atom stereocenters. The van der Waals surface area contributed by atoms with Gasteiger partial charge < -0.3 is 5.11 Å². The Morgan fingerprint density at radius 3 is 3.14 bits per heavy atom. The van der Waals surface area contributed by atoms with Crippen molar-refractivity contribution in [1.29, 1.82) is 0 Å². The first-order valence-corrected chi connectivity index (χ1v) is 6.14. The highest BCUT2D eigenvalue weighted by Gasteiger charge is 1.99. The van der Waals surface area contributed by atoms with E-state index in [0.29, 0.717) is 12.5 Å². The number of aliphatic hydroxyl groups excluding tert-OH is 1. The zero-order chi connectivity index (χ0) is 10.2. The zero-order valence-electron chi connectivity index (χ0n) is 8.57. The average molecular weight is 214 g/mol. The second kappa shape index (κ2) is 6.90. The molecule has 0 aliphatic carbocycles. The maximum Gasteiger partial charge on any atom is 0.0519 e. The minimum Gasteiger partial charge on any atom is -0.396 e. The lowest BCUT2D eigenvalue weighted by Crippen LogP contribution is -2.04. The molecule has 0 aliphatic rings. The first-order valence-electron chi connectivity index (χ1n) is 4.99. The zero-order valence-corrected chi connectivity index (χ0v) is 9.39. The summed E-state index contributed by atoms with van der Waals surface area (Å²) in [5, 5.41) is 15.5. The van der Waals surface area contributed by atoms with E-state index < -0.39 is 0 Å². The van der Waals surface area contributed by atoms with Gasteiger partial charge in [0.25, 0.3) is 0 Å². The third-order valence-electron chi connectivity index (χ3n) is 2.02. The van der Waals surface area contributed by atoms with Crippen LogP contribution in [0.3, 0.4) is 0 Å². The number of nitrogens with zero attached hydrogens (tertiary/aromatic N) is 1. The van der Waals surface area contributed by atoms with Crippen LogP contribution in [0.4, 0.5) is 0 Å². The molecule has 0 saturated heterocycles. The van der Waals surface area contributed by atoms with Gasteiger partial charge in [-0.1, -0.05) is 6.92 Å². The fourth-order valence-electron chi connectivity index (χ4n) is 1.13. The van der Waals surface area contributed by atoms with Crippen LogP contribution in [0.1, 0.15) is 18.9 Å². The van der Waals surface area contributed by atoms with Crippen molar-refractivity contribution in [3.63, 3.8) is 0 Å². The SMILES string of the molecule is CC(CO)CSCCCc1cn[nH]c1. The lowest BCUT2D eigenvalue weighted by Gasteiger charge is -2.06. The van der Waals surface area contributed by atoms with E-state index in [0.717, 1.165) is 17.9 Å². The summed E-state index contributed by atoms with van der Waals surface area (Å²) in [5.41, 5.74) is 1.28. The average Bonchev–Trinajstić information content (AvgIpc) is 2.69. The van der Waals surface area contributed by atoms with E-state index in [-0.39, 0.29) is 0 Å². The third-order valence-corrected chi connectivity index (χ3v) is 3.41. The molecule has 1 aromatic heterocycles. The molecule has 1 rings (SSSR count). The molecule has 3 nitrogen and oxygen atoms in total. The van der Waals surface area contributed by atoms with Crippen LogP contribution in [0.25, 0.3) is 0 Å². The smallest absolute Gasteiger partial charge is 0.0519 e. The summed E-state index contributed by atoms with van der Waals surface area (Å²) >= 11 is 1.92. The van der Waals surface area contributed by atoms with Gasteiger partial charge in [-0.3, -0.25) is 5.10 Å². The van der Waals surface area contributed by atoms with Gasteiger partial charge in [0, 0.05) is 12.8 Å².